The van der Waals surface area contributed by atoms with E-state index in [9.17, 15) is 4.79 Å². The first-order valence-electron chi connectivity index (χ1n) is 9.22. The lowest BCUT2D eigenvalue weighted by Crippen LogP contribution is -2.38. The predicted molar refractivity (Wildman–Crippen MR) is 116 cm³/mol. The fourth-order valence-electron chi connectivity index (χ4n) is 3.56. The molecule has 0 saturated carbocycles. The third-order valence-corrected chi connectivity index (χ3v) is 6.77. The van der Waals surface area contributed by atoms with Crippen LogP contribution < -0.4 is 5.32 Å². The van der Waals surface area contributed by atoms with Gasteiger partial charge in [0.1, 0.15) is 0 Å². The number of likely N-dealkylation sites (tertiary alicyclic amines) is 1. The van der Waals surface area contributed by atoms with Crippen LogP contribution in [0.4, 0.5) is 5.69 Å². The molecule has 0 radical (unpaired) electrons. The SMILES string of the molecule is Cc1cc(Br)ccc1NC(=O)CN1CCC(c2nc3ccccc3s2)CC1. The number of amides is 1. The van der Waals surface area contributed by atoms with Crippen molar-refractivity contribution in [3.63, 3.8) is 0 Å². The van der Waals surface area contributed by atoms with E-state index < -0.39 is 0 Å². The molecular weight excluding hydrogens is 422 g/mol. The molecule has 0 bridgehead atoms. The van der Waals surface area contributed by atoms with Gasteiger partial charge in [0, 0.05) is 16.1 Å². The first-order valence-corrected chi connectivity index (χ1v) is 10.8. The Hall–Kier alpha value is -1.76. The van der Waals surface area contributed by atoms with Gasteiger partial charge >= 0.3 is 0 Å². The zero-order valence-electron chi connectivity index (χ0n) is 15.2. The maximum Gasteiger partial charge on any atom is 0.238 e. The van der Waals surface area contributed by atoms with Crippen LogP contribution in [0.3, 0.4) is 0 Å². The van der Waals surface area contributed by atoms with Crippen molar-refractivity contribution in [2.24, 2.45) is 0 Å². The number of piperidine rings is 1. The summed E-state index contributed by atoms with van der Waals surface area (Å²) in [7, 11) is 0. The number of carbonyl (C=O) groups is 1. The average molecular weight is 444 g/mol. The molecule has 0 aliphatic carbocycles. The smallest absolute Gasteiger partial charge is 0.238 e. The summed E-state index contributed by atoms with van der Waals surface area (Å²) >= 11 is 5.26. The Labute approximate surface area is 171 Å². The van der Waals surface area contributed by atoms with Crippen molar-refractivity contribution in [3.05, 3.63) is 57.5 Å². The largest absolute Gasteiger partial charge is 0.325 e. The van der Waals surface area contributed by atoms with Crippen LogP contribution in [0.1, 0.15) is 29.3 Å². The summed E-state index contributed by atoms with van der Waals surface area (Å²) in [5.74, 6) is 0.564. The number of halogens is 1. The lowest BCUT2D eigenvalue weighted by Gasteiger charge is -2.30. The van der Waals surface area contributed by atoms with Crippen LogP contribution in [0.2, 0.25) is 0 Å². The highest BCUT2D eigenvalue weighted by atomic mass is 79.9. The summed E-state index contributed by atoms with van der Waals surface area (Å²) < 4.78 is 2.29. The van der Waals surface area contributed by atoms with E-state index in [1.54, 1.807) is 0 Å². The molecule has 1 amide bonds. The highest BCUT2D eigenvalue weighted by Gasteiger charge is 2.24. The Balaban J connectivity index is 1.31. The van der Waals surface area contributed by atoms with Crippen molar-refractivity contribution in [2.45, 2.75) is 25.7 Å². The van der Waals surface area contributed by atoms with Gasteiger partial charge in [0.15, 0.2) is 0 Å². The van der Waals surface area contributed by atoms with Crippen molar-refractivity contribution in [1.82, 2.24) is 9.88 Å². The molecule has 4 nitrogen and oxygen atoms in total. The van der Waals surface area contributed by atoms with E-state index in [4.69, 9.17) is 4.98 Å². The number of nitrogens with one attached hydrogen (secondary N) is 1. The van der Waals surface area contributed by atoms with Crippen LogP contribution in [0.15, 0.2) is 46.9 Å². The zero-order chi connectivity index (χ0) is 18.8. The monoisotopic (exact) mass is 443 g/mol. The number of benzene rings is 2. The first kappa shape index (κ1) is 18.6. The van der Waals surface area contributed by atoms with Crippen molar-refractivity contribution in [2.75, 3.05) is 25.0 Å². The van der Waals surface area contributed by atoms with Gasteiger partial charge in [0.05, 0.1) is 21.8 Å². The molecule has 2 heterocycles. The molecule has 140 valence electrons. The van der Waals surface area contributed by atoms with E-state index >= 15 is 0 Å². The second-order valence-electron chi connectivity index (χ2n) is 7.08. The second-order valence-corrected chi connectivity index (χ2v) is 9.06. The normalized spacial score (nSPS) is 15.9. The molecule has 1 N–H and O–H groups in total. The molecule has 1 aliphatic rings. The van der Waals surface area contributed by atoms with E-state index in [1.165, 1.54) is 9.71 Å². The molecule has 2 aromatic carbocycles. The zero-order valence-corrected chi connectivity index (χ0v) is 17.6. The summed E-state index contributed by atoms with van der Waals surface area (Å²) in [5.41, 5.74) is 3.05. The highest BCUT2D eigenvalue weighted by Crippen LogP contribution is 2.33. The van der Waals surface area contributed by atoms with Crippen LogP contribution >= 0.6 is 27.3 Å². The third-order valence-electron chi connectivity index (χ3n) is 5.08. The van der Waals surface area contributed by atoms with Gasteiger partial charge in [-0.3, -0.25) is 9.69 Å². The Morgan fingerprint density at radius 3 is 2.78 bits per heavy atom. The molecule has 1 fully saturated rings. The van der Waals surface area contributed by atoms with Gasteiger partial charge in [-0.15, -0.1) is 11.3 Å². The van der Waals surface area contributed by atoms with Gasteiger partial charge in [-0.05, 0) is 68.8 Å². The maximum absolute atomic E-state index is 12.4. The molecule has 1 aromatic heterocycles. The molecule has 27 heavy (non-hydrogen) atoms. The molecule has 4 rings (SSSR count). The molecule has 0 unspecified atom stereocenters. The van der Waals surface area contributed by atoms with Crippen LogP contribution in [0.25, 0.3) is 10.2 Å². The number of thiazole rings is 1. The quantitative estimate of drug-likeness (QED) is 0.603. The number of hydrogen-bond acceptors (Lipinski definition) is 4. The third kappa shape index (κ3) is 4.39. The van der Waals surface area contributed by atoms with Crippen LogP contribution in [-0.2, 0) is 4.79 Å². The van der Waals surface area contributed by atoms with Crippen molar-refractivity contribution in [1.29, 1.82) is 0 Å². The highest BCUT2D eigenvalue weighted by molar-refractivity contribution is 9.10. The van der Waals surface area contributed by atoms with Gasteiger partial charge in [-0.2, -0.15) is 0 Å². The van der Waals surface area contributed by atoms with Crippen molar-refractivity contribution >= 4 is 49.1 Å². The van der Waals surface area contributed by atoms with Crippen LogP contribution in [0.5, 0.6) is 0 Å². The summed E-state index contributed by atoms with van der Waals surface area (Å²) in [4.78, 5) is 19.5. The standard InChI is InChI=1S/C21H22BrN3OS/c1-14-12-16(22)6-7-17(14)23-20(26)13-25-10-8-15(9-11-25)21-24-18-4-2-3-5-19(18)27-21/h2-7,12,15H,8-11,13H2,1H3,(H,23,26). The van der Waals surface area contributed by atoms with E-state index in [-0.39, 0.29) is 5.91 Å². The molecule has 1 aliphatic heterocycles. The number of nitrogens with zero attached hydrogens (tertiary/aromatic N) is 2. The summed E-state index contributed by atoms with van der Waals surface area (Å²) in [5, 5.41) is 4.28. The topological polar surface area (TPSA) is 45.2 Å². The fourth-order valence-corrected chi connectivity index (χ4v) is 5.17. The summed E-state index contributed by atoms with van der Waals surface area (Å²) in [6.07, 6.45) is 2.12. The average Bonchev–Trinajstić information content (AvgIpc) is 3.09. The van der Waals surface area contributed by atoms with E-state index in [2.05, 4.69) is 44.3 Å². The fraction of sp³-hybridized carbons (Fsp3) is 0.333. The number of carbonyl (C=O) groups excluding carboxylic acids is 1. The van der Waals surface area contributed by atoms with Gasteiger partial charge in [-0.25, -0.2) is 4.98 Å². The minimum atomic E-state index is 0.0545. The minimum absolute atomic E-state index is 0.0545. The number of rotatable bonds is 4. The number of aryl methyl sites for hydroxylation is 1. The predicted octanol–water partition coefficient (Wildman–Crippen LogP) is 5.19. The number of hydrogen-bond donors (Lipinski definition) is 1. The first-order chi connectivity index (χ1) is 13.1. The Morgan fingerprint density at radius 2 is 2.04 bits per heavy atom. The number of para-hydroxylation sites is 1. The van der Waals surface area contributed by atoms with E-state index in [1.807, 2.05) is 42.5 Å². The number of aromatic nitrogens is 1. The Bertz CT molecular complexity index is 930. The Morgan fingerprint density at radius 1 is 1.26 bits per heavy atom. The number of anilines is 1. The maximum atomic E-state index is 12.4. The minimum Gasteiger partial charge on any atom is -0.325 e. The van der Waals surface area contributed by atoms with Gasteiger partial charge < -0.3 is 5.32 Å². The molecule has 1 saturated heterocycles. The molecule has 6 heteroatoms. The summed E-state index contributed by atoms with van der Waals surface area (Å²) in [6.45, 7) is 4.33. The summed E-state index contributed by atoms with van der Waals surface area (Å²) in [6, 6.07) is 14.2. The second kappa shape index (κ2) is 8.09. The Kier molecular flexibility index (Phi) is 5.57. The molecular formula is C21H22BrN3OS. The van der Waals surface area contributed by atoms with Gasteiger partial charge in [-0.1, -0.05) is 28.1 Å². The number of fused-ring (bicyclic) bond motifs is 1. The molecule has 3 aromatic rings. The van der Waals surface area contributed by atoms with Gasteiger partial charge in [0.25, 0.3) is 0 Å². The lowest BCUT2D eigenvalue weighted by atomic mass is 9.97. The van der Waals surface area contributed by atoms with Crippen molar-refractivity contribution in [3.8, 4) is 0 Å². The van der Waals surface area contributed by atoms with Crippen LogP contribution in [-0.4, -0.2) is 35.4 Å². The van der Waals surface area contributed by atoms with Crippen LogP contribution in [0, 0.1) is 6.92 Å². The molecule has 0 atom stereocenters. The lowest BCUT2D eigenvalue weighted by molar-refractivity contribution is -0.117. The van der Waals surface area contributed by atoms with Gasteiger partial charge in [0.2, 0.25) is 5.91 Å². The van der Waals surface area contributed by atoms with Crippen molar-refractivity contribution < 1.29 is 4.79 Å². The van der Waals surface area contributed by atoms with E-state index in [0.29, 0.717) is 12.5 Å². The van der Waals surface area contributed by atoms with E-state index in [0.717, 1.165) is 47.2 Å². The molecule has 0 spiro atoms.